The van der Waals surface area contributed by atoms with Gasteiger partial charge in [-0.15, -0.1) is 11.3 Å². The number of thiazole rings is 1. The van der Waals surface area contributed by atoms with Crippen LogP contribution in [-0.2, 0) is 0 Å². The molecule has 2 amide bonds. The SMILES string of the molecule is Cc1nc(N2C(=O)c3ccc(N)cc3C2=O)sc1C. The van der Waals surface area contributed by atoms with Crippen molar-refractivity contribution in [3.63, 3.8) is 0 Å². The highest BCUT2D eigenvalue weighted by Gasteiger charge is 2.38. The number of rotatable bonds is 1. The highest BCUT2D eigenvalue weighted by molar-refractivity contribution is 7.16. The fraction of sp³-hybridized carbons (Fsp3) is 0.154. The number of fused-ring (bicyclic) bond motifs is 1. The van der Waals surface area contributed by atoms with Crippen LogP contribution >= 0.6 is 11.3 Å². The summed E-state index contributed by atoms with van der Waals surface area (Å²) in [5.74, 6) is -0.699. The molecule has 1 aliphatic heterocycles. The number of carbonyl (C=O) groups is 2. The van der Waals surface area contributed by atoms with Crippen LogP contribution in [-0.4, -0.2) is 16.8 Å². The summed E-state index contributed by atoms with van der Waals surface area (Å²) in [6.07, 6.45) is 0. The van der Waals surface area contributed by atoms with Crippen LogP contribution in [0.1, 0.15) is 31.3 Å². The average Bonchev–Trinajstić information content (AvgIpc) is 2.79. The third kappa shape index (κ3) is 1.64. The molecule has 0 saturated carbocycles. The van der Waals surface area contributed by atoms with Gasteiger partial charge in [-0.05, 0) is 32.0 Å². The Kier molecular flexibility index (Phi) is 2.43. The highest BCUT2D eigenvalue weighted by atomic mass is 32.1. The molecule has 0 atom stereocenters. The fourth-order valence-corrected chi connectivity index (χ4v) is 2.89. The van der Waals surface area contributed by atoms with Gasteiger partial charge in [-0.2, -0.15) is 0 Å². The maximum atomic E-state index is 12.3. The summed E-state index contributed by atoms with van der Waals surface area (Å²) in [7, 11) is 0. The minimum absolute atomic E-state index is 0.339. The quantitative estimate of drug-likeness (QED) is 0.638. The fourth-order valence-electron chi connectivity index (χ4n) is 1.98. The predicted octanol–water partition coefficient (Wildman–Crippen LogP) is 2.14. The molecule has 0 bridgehead atoms. The molecule has 3 rings (SSSR count). The van der Waals surface area contributed by atoms with Gasteiger partial charge in [0.25, 0.3) is 11.8 Å². The molecule has 1 aromatic heterocycles. The van der Waals surface area contributed by atoms with Gasteiger partial charge in [0.1, 0.15) is 0 Å². The van der Waals surface area contributed by atoms with Crippen LogP contribution in [0.5, 0.6) is 0 Å². The first kappa shape index (κ1) is 11.9. The van der Waals surface area contributed by atoms with Crippen LogP contribution in [0, 0.1) is 13.8 Å². The van der Waals surface area contributed by atoms with Gasteiger partial charge in [0.2, 0.25) is 0 Å². The number of anilines is 2. The number of benzene rings is 1. The number of carbonyl (C=O) groups excluding carboxylic acids is 2. The van der Waals surface area contributed by atoms with Gasteiger partial charge in [-0.3, -0.25) is 9.59 Å². The smallest absolute Gasteiger partial charge is 0.268 e. The maximum absolute atomic E-state index is 12.3. The lowest BCUT2D eigenvalue weighted by Crippen LogP contribution is -2.29. The van der Waals surface area contributed by atoms with E-state index in [1.165, 1.54) is 17.4 Å². The van der Waals surface area contributed by atoms with Crippen LogP contribution in [0.15, 0.2) is 18.2 Å². The molecule has 6 heteroatoms. The van der Waals surface area contributed by atoms with E-state index in [-0.39, 0.29) is 11.8 Å². The van der Waals surface area contributed by atoms with E-state index in [0.717, 1.165) is 15.5 Å². The Morgan fingerprint density at radius 1 is 1.16 bits per heavy atom. The van der Waals surface area contributed by atoms with Gasteiger partial charge in [-0.25, -0.2) is 9.88 Å². The number of nitrogens with zero attached hydrogens (tertiary/aromatic N) is 2. The number of nitrogens with two attached hydrogens (primary N) is 1. The zero-order valence-electron chi connectivity index (χ0n) is 10.4. The van der Waals surface area contributed by atoms with Crippen LogP contribution in [0.4, 0.5) is 10.8 Å². The number of nitrogen functional groups attached to an aromatic ring is 1. The van der Waals surface area contributed by atoms with Crippen LogP contribution in [0.25, 0.3) is 0 Å². The lowest BCUT2D eigenvalue weighted by Gasteiger charge is -2.08. The molecule has 0 radical (unpaired) electrons. The average molecular weight is 273 g/mol. The molecular formula is C13H11N3O2S. The minimum Gasteiger partial charge on any atom is -0.399 e. The Morgan fingerprint density at radius 2 is 1.84 bits per heavy atom. The zero-order chi connectivity index (χ0) is 13.7. The van der Waals surface area contributed by atoms with Crippen molar-refractivity contribution in [2.24, 2.45) is 0 Å². The molecular weight excluding hydrogens is 262 g/mol. The second-order valence-electron chi connectivity index (χ2n) is 4.39. The summed E-state index contributed by atoms with van der Waals surface area (Å²) in [5, 5.41) is 0.416. The molecule has 0 fully saturated rings. The number of amides is 2. The molecule has 0 aliphatic carbocycles. The molecule has 5 nitrogen and oxygen atoms in total. The summed E-state index contributed by atoms with van der Waals surface area (Å²) >= 11 is 1.34. The second kappa shape index (κ2) is 3.89. The van der Waals surface area contributed by atoms with E-state index in [1.54, 1.807) is 12.1 Å². The normalized spacial score (nSPS) is 14.1. The third-order valence-electron chi connectivity index (χ3n) is 3.12. The molecule has 1 aliphatic rings. The van der Waals surface area contributed by atoms with E-state index in [2.05, 4.69) is 4.98 Å². The van der Waals surface area contributed by atoms with Crippen molar-refractivity contribution in [3.8, 4) is 0 Å². The Hall–Kier alpha value is -2.21. The molecule has 1 aromatic carbocycles. The Bertz CT molecular complexity index is 701. The van der Waals surface area contributed by atoms with E-state index in [1.807, 2.05) is 13.8 Å². The zero-order valence-corrected chi connectivity index (χ0v) is 11.2. The molecule has 2 heterocycles. The van der Waals surface area contributed by atoms with Crippen LogP contribution in [0.3, 0.4) is 0 Å². The summed E-state index contributed by atoms with van der Waals surface area (Å²) in [6.45, 7) is 3.76. The lowest BCUT2D eigenvalue weighted by molar-refractivity contribution is 0.0926. The summed E-state index contributed by atoms with van der Waals surface area (Å²) < 4.78 is 0. The van der Waals surface area contributed by atoms with Crippen molar-refractivity contribution in [2.75, 3.05) is 10.6 Å². The number of imide groups is 1. The molecule has 96 valence electrons. The van der Waals surface area contributed by atoms with Gasteiger partial charge in [0.15, 0.2) is 5.13 Å². The first-order valence-electron chi connectivity index (χ1n) is 5.71. The molecule has 0 unspecified atom stereocenters. The van der Waals surface area contributed by atoms with E-state index in [0.29, 0.717) is 21.9 Å². The first-order valence-corrected chi connectivity index (χ1v) is 6.53. The summed E-state index contributed by atoms with van der Waals surface area (Å²) in [6, 6.07) is 4.73. The molecule has 0 spiro atoms. The van der Waals surface area contributed by atoms with Gasteiger partial charge in [0, 0.05) is 10.6 Å². The van der Waals surface area contributed by atoms with Gasteiger partial charge in [0.05, 0.1) is 16.8 Å². The van der Waals surface area contributed by atoms with Gasteiger partial charge < -0.3 is 5.73 Å². The monoisotopic (exact) mass is 273 g/mol. The highest BCUT2D eigenvalue weighted by Crippen LogP contribution is 2.33. The van der Waals surface area contributed by atoms with E-state index in [4.69, 9.17) is 5.73 Å². The predicted molar refractivity (Wildman–Crippen MR) is 73.6 cm³/mol. The van der Waals surface area contributed by atoms with E-state index in [9.17, 15) is 9.59 Å². The Labute approximate surface area is 113 Å². The number of aryl methyl sites for hydroxylation is 2. The van der Waals surface area contributed by atoms with Crippen molar-refractivity contribution in [3.05, 3.63) is 39.9 Å². The first-order chi connectivity index (χ1) is 8.99. The van der Waals surface area contributed by atoms with Crippen molar-refractivity contribution in [1.29, 1.82) is 0 Å². The minimum atomic E-state index is -0.360. The topological polar surface area (TPSA) is 76.3 Å². The van der Waals surface area contributed by atoms with Crippen molar-refractivity contribution < 1.29 is 9.59 Å². The lowest BCUT2D eigenvalue weighted by atomic mass is 10.1. The third-order valence-corrected chi connectivity index (χ3v) is 4.18. The summed E-state index contributed by atoms with van der Waals surface area (Å²) in [4.78, 5) is 30.9. The largest absolute Gasteiger partial charge is 0.399 e. The second-order valence-corrected chi connectivity index (χ2v) is 5.57. The van der Waals surface area contributed by atoms with Crippen LogP contribution < -0.4 is 10.6 Å². The Morgan fingerprint density at radius 3 is 2.47 bits per heavy atom. The van der Waals surface area contributed by atoms with E-state index < -0.39 is 0 Å². The standard InChI is InChI=1S/C13H11N3O2S/c1-6-7(2)19-13(15-6)16-11(17)9-4-3-8(14)5-10(9)12(16)18/h3-5H,14H2,1-2H3. The van der Waals surface area contributed by atoms with Gasteiger partial charge in [-0.1, -0.05) is 0 Å². The molecule has 19 heavy (non-hydrogen) atoms. The number of hydrogen-bond acceptors (Lipinski definition) is 5. The number of hydrogen-bond donors (Lipinski definition) is 1. The van der Waals surface area contributed by atoms with Crippen molar-refractivity contribution in [2.45, 2.75) is 13.8 Å². The van der Waals surface area contributed by atoms with Crippen molar-refractivity contribution >= 4 is 34.0 Å². The van der Waals surface area contributed by atoms with Crippen LogP contribution in [0.2, 0.25) is 0 Å². The van der Waals surface area contributed by atoms with Gasteiger partial charge >= 0.3 is 0 Å². The molecule has 0 saturated heterocycles. The summed E-state index contributed by atoms with van der Waals surface area (Å²) in [5.41, 5.74) is 7.67. The van der Waals surface area contributed by atoms with Crippen molar-refractivity contribution in [1.82, 2.24) is 4.98 Å². The maximum Gasteiger partial charge on any atom is 0.268 e. The molecule has 2 N–H and O–H groups in total. The van der Waals surface area contributed by atoms with E-state index >= 15 is 0 Å². The molecule has 2 aromatic rings. The Balaban J connectivity index is 2.12. The number of aromatic nitrogens is 1.